The lowest BCUT2D eigenvalue weighted by Crippen LogP contribution is -2.13. The zero-order valence-electron chi connectivity index (χ0n) is 11.0. The summed E-state index contributed by atoms with van der Waals surface area (Å²) in [5.74, 6) is -0.530. The maximum Gasteiger partial charge on any atom is 0.158 e. The summed E-state index contributed by atoms with van der Waals surface area (Å²) in [6, 6.07) is 3.70. The van der Waals surface area contributed by atoms with Crippen LogP contribution >= 0.6 is 0 Å². The van der Waals surface area contributed by atoms with Gasteiger partial charge in [0.1, 0.15) is 24.1 Å². The molecule has 2 aromatic rings. The lowest BCUT2D eigenvalue weighted by atomic mass is 10.1. The average Bonchev–Trinajstić information content (AvgIpc) is 2.82. The highest BCUT2D eigenvalue weighted by molar-refractivity contribution is 5.23. The van der Waals surface area contributed by atoms with Crippen LogP contribution in [0.5, 0.6) is 0 Å². The number of rotatable bonds is 6. The molecule has 0 saturated heterocycles. The van der Waals surface area contributed by atoms with E-state index in [0.29, 0.717) is 24.8 Å². The molecule has 7 heteroatoms. The zero-order valence-corrected chi connectivity index (χ0v) is 11.0. The van der Waals surface area contributed by atoms with Gasteiger partial charge in [-0.15, -0.1) is 10.2 Å². The summed E-state index contributed by atoms with van der Waals surface area (Å²) >= 11 is 0. The first-order valence-electron chi connectivity index (χ1n) is 6.11. The topological polar surface area (TPSA) is 60.2 Å². The van der Waals surface area contributed by atoms with Crippen molar-refractivity contribution >= 4 is 0 Å². The second-order valence-corrected chi connectivity index (χ2v) is 4.21. The molecule has 1 heterocycles. The van der Waals surface area contributed by atoms with E-state index in [1.165, 1.54) is 18.2 Å². The van der Waals surface area contributed by atoms with Crippen LogP contribution in [0.3, 0.4) is 0 Å². The molecule has 2 rings (SSSR count). The van der Waals surface area contributed by atoms with Crippen LogP contribution in [0.2, 0.25) is 0 Å². The lowest BCUT2D eigenvalue weighted by Gasteiger charge is -2.09. The third-order valence-electron chi connectivity index (χ3n) is 2.96. The molecular weight excluding hydrogens is 268 g/mol. The predicted octanol–water partition coefficient (Wildman–Crippen LogP) is 1.29. The van der Waals surface area contributed by atoms with Gasteiger partial charge in [-0.25, -0.2) is 8.78 Å². The van der Waals surface area contributed by atoms with E-state index >= 15 is 0 Å². The molecule has 0 radical (unpaired) electrons. The zero-order chi connectivity index (χ0) is 14.5. The van der Waals surface area contributed by atoms with Crippen molar-refractivity contribution in [2.75, 3.05) is 13.7 Å². The number of hydrogen-bond acceptors (Lipinski definition) is 4. The number of aromatic nitrogens is 3. The lowest BCUT2D eigenvalue weighted by molar-refractivity contribution is 0.181. The Hall–Kier alpha value is -1.86. The molecule has 0 fully saturated rings. The first kappa shape index (κ1) is 14.5. The third kappa shape index (κ3) is 3.00. The second kappa shape index (κ2) is 6.53. The number of aliphatic hydroxyl groups excluding tert-OH is 1. The van der Waals surface area contributed by atoms with E-state index in [1.807, 2.05) is 0 Å². The highest BCUT2D eigenvalue weighted by Crippen LogP contribution is 2.16. The first-order chi connectivity index (χ1) is 9.67. The fraction of sp³-hybridized carbons (Fsp3) is 0.385. The van der Waals surface area contributed by atoms with Gasteiger partial charge in [0, 0.05) is 25.6 Å². The van der Waals surface area contributed by atoms with Crippen LogP contribution in [0.15, 0.2) is 18.2 Å². The molecule has 0 atom stereocenters. The molecule has 0 aliphatic carbocycles. The van der Waals surface area contributed by atoms with Gasteiger partial charge in [-0.05, 0) is 12.1 Å². The number of hydrogen-bond donors (Lipinski definition) is 1. The van der Waals surface area contributed by atoms with Gasteiger partial charge in [0.15, 0.2) is 5.82 Å². The van der Waals surface area contributed by atoms with Crippen molar-refractivity contribution < 1.29 is 18.6 Å². The minimum atomic E-state index is -0.628. The molecule has 1 aromatic heterocycles. The normalized spacial score (nSPS) is 11.0. The van der Waals surface area contributed by atoms with E-state index in [4.69, 9.17) is 4.74 Å². The maximum absolute atomic E-state index is 13.6. The summed E-state index contributed by atoms with van der Waals surface area (Å²) in [4.78, 5) is 0. The van der Waals surface area contributed by atoms with Crippen molar-refractivity contribution in [3.8, 4) is 0 Å². The number of ether oxygens (including phenoxy) is 1. The summed E-state index contributed by atoms with van der Waals surface area (Å²) in [5.41, 5.74) is -0.0666. The van der Waals surface area contributed by atoms with Gasteiger partial charge in [0.2, 0.25) is 0 Å². The molecule has 20 heavy (non-hydrogen) atoms. The molecule has 1 aromatic carbocycles. The number of nitrogens with zero attached hydrogens (tertiary/aromatic N) is 3. The highest BCUT2D eigenvalue weighted by atomic mass is 19.1. The Labute approximate surface area is 114 Å². The molecule has 0 aliphatic heterocycles. The van der Waals surface area contributed by atoms with E-state index in [9.17, 15) is 13.9 Å². The first-order valence-corrected chi connectivity index (χ1v) is 6.11. The monoisotopic (exact) mass is 283 g/mol. The quantitative estimate of drug-likeness (QED) is 0.867. The number of halogens is 2. The third-order valence-corrected chi connectivity index (χ3v) is 2.96. The van der Waals surface area contributed by atoms with E-state index in [0.717, 1.165) is 0 Å². The SMILES string of the molecule is COCCn1c(CO)nnc1Cc1c(F)cccc1F. The van der Waals surface area contributed by atoms with Gasteiger partial charge in [-0.2, -0.15) is 0 Å². The molecular formula is C13H15F2N3O2. The van der Waals surface area contributed by atoms with E-state index in [1.54, 1.807) is 11.7 Å². The van der Waals surface area contributed by atoms with Gasteiger partial charge in [-0.1, -0.05) is 6.07 Å². The van der Waals surface area contributed by atoms with Gasteiger partial charge in [-0.3, -0.25) is 0 Å². The fourth-order valence-corrected chi connectivity index (χ4v) is 1.92. The smallest absolute Gasteiger partial charge is 0.158 e. The highest BCUT2D eigenvalue weighted by Gasteiger charge is 2.16. The molecule has 0 unspecified atom stereocenters. The van der Waals surface area contributed by atoms with Crippen LogP contribution in [0, 0.1) is 11.6 Å². The Balaban J connectivity index is 2.31. The molecule has 0 spiro atoms. The molecule has 0 saturated carbocycles. The molecule has 108 valence electrons. The summed E-state index contributed by atoms with van der Waals surface area (Å²) in [6.07, 6.45) is -0.0325. The van der Waals surface area contributed by atoms with Gasteiger partial charge >= 0.3 is 0 Å². The molecule has 5 nitrogen and oxygen atoms in total. The van der Waals surface area contributed by atoms with Crippen molar-refractivity contribution in [1.29, 1.82) is 0 Å². The van der Waals surface area contributed by atoms with Crippen LogP contribution < -0.4 is 0 Å². The van der Waals surface area contributed by atoms with E-state index < -0.39 is 11.6 Å². The van der Waals surface area contributed by atoms with Crippen molar-refractivity contribution in [2.45, 2.75) is 19.6 Å². The van der Waals surface area contributed by atoms with E-state index in [-0.39, 0.29) is 18.6 Å². The van der Waals surface area contributed by atoms with Crippen LogP contribution in [-0.2, 0) is 24.3 Å². The van der Waals surface area contributed by atoms with Gasteiger partial charge < -0.3 is 14.4 Å². The minimum Gasteiger partial charge on any atom is -0.388 e. The average molecular weight is 283 g/mol. The van der Waals surface area contributed by atoms with E-state index in [2.05, 4.69) is 10.2 Å². The van der Waals surface area contributed by atoms with Gasteiger partial charge in [0.05, 0.1) is 6.61 Å². The molecule has 0 bridgehead atoms. The Morgan fingerprint density at radius 3 is 2.45 bits per heavy atom. The Morgan fingerprint density at radius 2 is 1.85 bits per heavy atom. The van der Waals surface area contributed by atoms with Crippen LogP contribution in [0.1, 0.15) is 17.2 Å². The summed E-state index contributed by atoms with van der Waals surface area (Å²) < 4.78 is 33.8. The minimum absolute atomic E-state index is 0.0325. The van der Waals surface area contributed by atoms with Crippen LogP contribution in [0.25, 0.3) is 0 Å². The van der Waals surface area contributed by atoms with Crippen LogP contribution in [-0.4, -0.2) is 33.6 Å². The molecule has 1 N–H and O–H groups in total. The Morgan fingerprint density at radius 1 is 1.20 bits per heavy atom. The number of aliphatic hydroxyl groups is 1. The second-order valence-electron chi connectivity index (χ2n) is 4.21. The van der Waals surface area contributed by atoms with Gasteiger partial charge in [0.25, 0.3) is 0 Å². The Bertz CT molecular complexity index is 567. The largest absolute Gasteiger partial charge is 0.388 e. The summed E-state index contributed by atoms with van der Waals surface area (Å²) in [7, 11) is 1.54. The van der Waals surface area contributed by atoms with Crippen molar-refractivity contribution in [2.24, 2.45) is 0 Å². The molecule has 0 amide bonds. The summed E-state index contributed by atoms with van der Waals surface area (Å²) in [6.45, 7) is 0.499. The van der Waals surface area contributed by atoms with Crippen molar-refractivity contribution in [3.63, 3.8) is 0 Å². The Kier molecular flexibility index (Phi) is 4.75. The van der Waals surface area contributed by atoms with Crippen LogP contribution in [0.4, 0.5) is 8.78 Å². The van der Waals surface area contributed by atoms with Crippen molar-refractivity contribution in [1.82, 2.24) is 14.8 Å². The number of methoxy groups -OCH3 is 1. The van der Waals surface area contributed by atoms with Crippen molar-refractivity contribution in [3.05, 3.63) is 47.0 Å². The predicted molar refractivity (Wildman–Crippen MR) is 67.0 cm³/mol. The molecule has 0 aliphatic rings. The maximum atomic E-state index is 13.6. The standard InChI is InChI=1S/C13H15F2N3O2/c1-20-6-5-18-12(16-17-13(18)8-19)7-9-10(14)3-2-4-11(9)15/h2-4,19H,5-8H2,1H3. The fourth-order valence-electron chi connectivity index (χ4n) is 1.92. The number of benzene rings is 1. The summed E-state index contributed by atoms with van der Waals surface area (Å²) in [5, 5.41) is 16.9.